The minimum Gasteiger partial charge on any atom is -0.489 e. The lowest BCUT2D eigenvalue weighted by Gasteiger charge is -2.37. The van der Waals surface area contributed by atoms with Crippen LogP contribution in [0.3, 0.4) is 0 Å². The van der Waals surface area contributed by atoms with Crippen molar-refractivity contribution in [3.63, 3.8) is 0 Å². The molecule has 11 nitrogen and oxygen atoms in total. The zero-order chi connectivity index (χ0) is 32.9. The Morgan fingerprint density at radius 3 is 2.64 bits per heavy atom. The van der Waals surface area contributed by atoms with Gasteiger partial charge in [0.05, 0.1) is 23.4 Å². The molecule has 2 fully saturated rings. The van der Waals surface area contributed by atoms with Gasteiger partial charge in [0.25, 0.3) is 0 Å². The molecule has 0 unspecified atom stereocenters. The third kappa shape index (κ3) is 6.16. The SMILES string of the molecule is C[C@]1(O)CCC[C@@H]2c3c(c4c5oc(c(Cc6ccc(NO)cc6)c(=O)c5c3OC3CCCC3)[C@H](O)C[C@@H](N=C(N)N)CSSC4)O[C@@H]21. The van der Waals surface area contributed by atoms with Gasteiger partial charge in [0, 0.05) is 47.0 Å². The van der Waals surface area contributed by atoms with Crippen molar-refractivity contribution in [2.75, 3.05) is 11.2 Å². The first-order valence-corrected chi connectivity index (χ1v) is 18.9. The molecule has 5 atom stereocenters. The first-order valence-electron chi connectivity index (χ1n) is 16.4. The standard InChI is InChI=1S/C34H42N4O7S2/c1-34(41)12-4-7-21-25-29(45-32(21)34)23-16-47-46-15-19(37-33(35)36)14-24(39)28-22(13-17-8-10-18(38-42)11-9-17)27(40)26(30(23)44-28)31(25)43-20-5-2-3-6-20/h8-11,19-21,24,32,38-39,41-42H,2-7,12-16H2,1H3,(H4,35,36,37)/t19-,21-,24-,32+,34+/m1/s1. The van der Waals surface area contributed by atoms with Gasteiger partial charge in [0.1, 0.15) is 40.4 Å². The van der Waals surface area contributed by atoms with E-state index in [0.29, 0.717) is 51.6 Å². The molecular weight excluding hydrogens is 641 g/mol. The van der Waals surface area contributed by atoms with E-state index in [-0.39, 0.29) is 42.0 Å². The van der Waals surface area contributed by atoms with Crippen LogP contribution >= 0.6 is 21.6 Å². The van der Waals surface area contributed by atoms with E-state index in [1.54, 1.807) is 33.7 Å². The van der Waals surface area contributed by atoms with Crippen molar-refractivity contribution in [2.45, 2.75) is 106 Å². The second-order valence-corrected chi connectivity index (χ2v) is 15.9. The number of fused-ring (bicyclic) bond motifs is 5. The van der Waals surface area contributed by atoms with Crippen LogP contribution in [0.25, 0.3) is 11.0 Å². The molecular formula is C34H42N4O7S2. The second kappa shape index (κ2) is 13.1. The molecule has 7 rings (SSSR count). The van der Waals surface area contributed by atoms with Crippen molar-refractivity contribution in [2.24, 2.45) is 16.5 Å². The van der Waals surface area contributed by atoms with Gasteiger partial charge in [-0.3, -0.25) is 15.5 Å². The fraction of sp³-hybridized carbons (Fsp3) is 0.529. The number of guanidine groups is 1. The van der Waals surface area contributed by atoms with E-state index in [1.807, 2.05) is 19.1 Å². The number of ether oxygens (including phenoxy) is 2. The summed E-state index contributed by atoms with van der Waals surface area (Å²) in [4.78, 5) is 19.4. The van der Waals surface area contributed by atoms with Crippen LogP contribution in [0.4, 0.5) is 5.69 Å². The van der Waals surface area contributed by atoms with Crippen LogP contribution in [0.5, 0.6) is 11.5 Å². The molecule has 3 aromatic rings. The molecule has 13 heteroatoms. The average Bonchev–Trinajstić information content (AvgIpc) is 3.69. The van der Waals surface area contributed by atoms with Crippen LogP contribution < -0.4 is 31.8 Å². The lowest BCUT2D eigenvalue weighted by Crippen LogP contribution is -2.47. The van der Waals surface area contributed by atoms with E-state index in [1.165, 1.54) is 0 Å². The van der Waals surface area contributed by atoms with Gasteiger partial charge in [-0.1, -0.05) is 33.7 Å². The third-order valence-electron chi connectivity index (χ3n) is 10.0. The molecule has 1 aromatic heterocycles. The molecule has 0 saturated heterocycles. The average molecular weight is 683 g/mol. The highest BCUT2D eigenvalue weighted by atomic mass is 33.1. The maximum Gasteiger partial charge on any atom is 0.200 e. The first-order chi connectivity index (χ1) is 22.6. The number of nitrogens with zero attached hydrogens (tertiary/aromatic N) is 1. The summed E-state index contributed by atoms with van der Waals surface area (Å²) >= 11 is 0. The number of aliphatic imine (C=N–C) groups is 1. The number of hydrogen-bond acceptors (Lipinski definition) is 11. The molecule has 2 aliphatic heterocycles. The van der Waals surface area contributed by atoms with Crippen molar-refractivity contribution < 1.29 is 29.3 Å². The molecule has 2 aliphatic carbocycles. The minimum atomic E-state index is -1.18. The van der Waals surface area contributed by atoms with E-state index >= 15 is 4.79 Å². The molecule has 4 aliphatic rings. The fourth-order valence-corrected chi connectivity index (χ4v) is 10.0. The summed E-state index contributed by atoms with van der Waals surface area (Å²) in [5.41, 5.74) is 15.9. The molecule has 47 heavy (non-hydrogen) atoms. The van der Waals surface area contributed by atoms with E-state index in [2.05, 4.69) is 10.5 Å². The molecule has 2 saturated carbocycles. The van der Waals surface area contributed by atoms with Crippen LogP contribution in [0.15, 0.2) is 38.5 Å². The molecule has 0 radical (unpaired) electrons. The smallest absolute Gasteiger partial charge is 0.200 e. The Morgan fingerprint density at radius 2 is 1.91 bits per heavy atom. The fourth-order valence-electron chi connectivity index (χ4n) is 7.75. The predicted molar refractivity (Wildman–Crippen MR) is 185 cm³/mol. The molecule has 3 heterocycles. The van der Waals surface area contributed by atoms with Crippen molar-refractivity contribution in [1.29, 1.82) is 0 Å². The van der Waals surface area contributed by atoms with Crippen molar-refractivity contribution >= 4 is 44.2 Å². The van der Waals surface area contributed by atoms with Crippen LogP contribution in [0.1, 0.15) is 98.3 Å². The maximum absolute atomic E-state index is 15.0. The highest BCUT2D eigenvalue weighted by molar-refractivity contribution is 8.76. The van der Waals surface area contributed by atoms with Crippen molar-refractivity contribution in [3.05, 3.63) is 62.5 Å². The van der Waals surface area contributed by atoms with E-state index in [4.69, 9.17) is 25.4 Å². The Balaban J connectivity index is 1.49. The zero-order valence-electron chi connectivity index (χ0n) is 26.4. The Bertz CT molecular complexity index is 1740. The summed E-state index contributed by atoms with van der Waals surface area (Å²) in [6.45, 7) is 1.83. The van der Waals surface area contributed by atoms with Gasteiger partial charge in [0.15, 0.2) is 11.4 Å². The van der Waals surface area contributed by atoms with Gasteiger partial charge >= 0.3 is 0 Å². The molecule has 252 valence electrons. The Labute approximate surface area is 280 Å². The summed E-state index contributed by atoms with van der Waals surface area (Å²) in [6, 6.07) is 6.64. The third-order valence-corrected chi connectivity index (χ3v) is 12.4. The van der Waals surface area contributed by atoms with E-state index in [9.17, 15) is 15.4 Å². The van der Waals surface area contributed by atoms with Gasteiger partial charge in [-0.2, -0.15) is 0 Å². The van der Waals surface area contributed by atoms with Crippen molar-refractivity contribution in [3.8, 4) is 11.5 Å². The molecule has 0 spiro atoms. The number of nitrogens with one attached hydrogen (secondary N) is 1. The van der Waals surface area contributed by atoms with Crippen LogP contribution in [0, 0.1) is 0 Å². The summed E-state index contributed by atoms with van der Waals surface area (Å²) in [5.74, 6) is 2.05. The number of hydrogen-bond donors (Lipinski definition) is 6. The number of benzene rings is 2. The minimum absolute atomic E-state index is 0.0460. The monoisotopic (exact) mass is 682 g/mol. The number of aliphatic hydroxyl groups is 2. The number of aliphatic hydroxyl groups excluding tert-OH is 1. The molecule has 2 bridgehead atoms. The van der Waals surface area contributed by atoms with Gasteiger partial charge in [0.2, 0.25) is 0 Å². The van der Waals surface area contributed by atoms with E-state index < -0.39 is 23.9 Å². The Kier molecular flexibility index (Phi) is 9.03. The van der Waals surface area contributed by atoms with Crippen LogP contribution in [-0.4, -0.2) is 51.0 Å². The second-order valence-electron chi connectivity index (χ2n) is 13.4. The van der Waals surface area contributed by atoms with Crippen LogP contribution in [-0.2, 0) is 12.2 Å². The Hall–Kier alpha value is -3.10. The summed E-state index contributed by atoms with van der Waals surface area (Å²) in [5, 5.41) is 33.0. The lowest BCUT2D eigenvalue weighted by atomic mass is 9.74. The summed E-state index contributed by atoms with van der Waals surface area (Å²) in [6.07, 6.45) is 4.77. The maximum atomic E-state index is 15.0. The number of rotatable bonds is 6. The zero-order valence-corrected chi connectivity index (χ0v) is 28.0. The lowest BCUT2D eigenvalue weighted by molar-refractivity contribution is -0.0727. The predicted octanol–water partition coefficient (Wildman–Crippen LogP) is 5.25. The summed E-state index contributed by atoms with van der Waals surface area (Å²) in [7, 11) is 3.16. The molecule has 0 amide bonds. The van der Waals surface area contributed by atoms with Gasteiger partial charge in [-0.25, -0.2) is 4.99 Å². The number of anilines is 1. The Morgan fingerprint density at radius 1 is 1.15 bits per heavy atom. The highest BCUT2D eigenvalue weighted by Gasteiger charge is 2.51. The molecule has 8 N–H and O–H groups in total. The van der Waals surface area contributed by atoms with Crippen molar-refractivity contribution in [1.82, 2.24) is 0 Å². The number of nitrogens with two attached hydrogens (primary N) is 2. The quantitative estimate of drug-likeness (QED) is 0.0860. The van der Waals surface area contributed by atoms with E-state index in [0.717, 1.165) is 55.2 Å². The highest BCUT2D eigenvalue weighted by Crippen LogP contribution is 2.57. The largest absolute Gasteiger partial charge is 0.489 e. The van der Waals surface area contributed by atoms with Crippen LogP contribution in [0.2, 0.25) is 0 Å². The summed E-state index contributed by atoms with van der Waals surface area (Å²) < 4.78 is 20.3. The van der Waals surface area contributed by atoms with Gasteiger partial charge in [-0.15, -0.1) is 0 Å². The topological polar surface area (TPSA) is 186 Å². The molecule has 2 aromatic carbocycles. The normalized spacial score (nSPS) is 27.5. The van der Waals surface area contributed by atoms with Gasteiger partial charge in [-0.05, 0) is 69.6 Å². The first kappa shape index (κ1) is 32.4. The van der Waals surface area contributed by atoms with Gasteiger partial charge < -0.3 is 35.6 Å².